The van der Waals surface area contributed by atoms with Gasteiger partial charge in [-0.15, -0.1) is 0 Å². The average Bonchev–Trinajstić information content (AvgIpc) is 2.94. The Labute approximate surface area is 130 Å². The van der Waals surface area contributed by atoms with Crippen LogP contribution in [-0.2, 0) is 6.42 Å². The standard InChI is InChI=1S/C19H21NO2/c1-4-8-15-17(21-13(2)3)12-11-16-18(20-22-19(15)16)14-9-6-5-7-10-14/h5-7,9-13H,4,8H2,1-3H3. The molecule has 0 bridgehead atoms. The lowest BCUT2D eigenvalue weighted by molar-refractivity contribution is 0.240. The molecule has 3 heteroatoms. The van der Waals surface area contributed by atoms with Gasteiger partial charge in [0.1, 0.15) is 11.4 Å². The van der Waals surface area contributed by atoms with Gasteiger partial charge in [0.15, 0.2) is 5.58 Å². The Balaban J connectivity index is 2.15. The Morgan fingerprint density at radius 2 is 1.86 bits per heavy atom. The maximum atomic E-state index is 5.93. The molecule has 3 rings (SSSR count). The van der Waals surface area contributed by atoms with E-state index in [0.29, 0.717) is 0 Å². The Hall–Kier alpha value is -2.29. The van der Waals surface area contributed by atoms with Crippen LogP contribution in [0.2, 0.25) is 0 Å². The van der Waals surface area contributed by atoms with E-state index in [-0.39, 0.29) is 6.10 Å². The van der Waals surface area contributed by atoms with Gasteiger partial charge in [-0.3, -0.25) is 0 Å². The van der Waals surface area contributed by atoms with E-state index in [1.54, 1.807) is 0 Å². The third-order valence-electron chi connectivity index (χ3n) is 3.61. The van der Waals surface area contributed by atoms with Gasteiger partial charge < -0.3 is 9.26 Å². The Bertz CT molecular complexity index is 760. The molecule has 1 aromatic heterocycles. The second kappa shape index (κ2) is 6.22. The van der Waals surface area contributed by atoms with Gasteiger partial charge in [0.05, 0.1) is 11.5 Å². The van der Waals surface area contributed by atoms with Crippen LogP contribution in [0.4, 0.5) is 0 Å². The van der Waals surface area contributed by atoms with Gasteiger partial charge >= 0.3 is 0 Å². The van der Waals surface area contributed by atoms with Crippen LogP contribution in [0.25, 0.3) is 22.2 Å². The van der Waals surface area contributed by atoms with Crippen LogP contribution in [0.1, 0.15) is 32.8 Å². The van der Waals surface area contributed by atoms with E-state index in [1.165, 1.54) is 0 Å². The molecule has 0 fully saturated rings. The Kier molecular flexibility index (Phi) is 4.14. The SMILES string of the molecule is CCCc1c(OC(C)C)ccc2c(-c3ccccc3)noc12. The number of hydrogen-bond donors (Lipinski definition) is 0. The highest BCUT2D eigenvalue weighted by Gasteiger charge is 2.17. The number of aryl methyl sites for hydroxylation is 1. The van der Waals surface area contributed by atoms with Gasteiger partial charge in [-0.2, -0.15) is 0 Å². The van der Waals surface area contributed by atoms with Gasteiger partial charge in [0.2, 0.25) is 0 Å². The van der Waals surface area contributed by atoms with E-state index in [2.05, 4.69) is 24.2 Å². The average molecular weight is 295 g/mol. The number of nitrogens with zero attached hydrogens (tertiary/aromatic N) is 1. The number of aromatic nitrogens is 1. The van der Waals surface area contributed by atoms with E-state index >= 15 is 0 Å². The van der Waals surface area contributed by atoms with Crippen LogP contribution in [-0.4, -0.2) is 11.3 Å². The van der Waals surface area contributed by atoms with E-state index in [0.717, 1.165) is 46.4 Å². The summed E-state index contributed by atoms with van der Waals surface area (Å²) in [6.45, 7) is 6.23. The zero-order valence-electron chi connectivity index (χ0n) is 13.3. The summed E-state index contributed by atoms with van der Waals surface area (Å²) in [4.78, 5) is 0. The third-order valence-corrected chi connectivity index (χ3v) is 3.61. The van der Waals surface area contributed by atoms with E-state index in [9.17, 15) is 0 Å². The second-order valence-corrected chi connectivity index (χ2v) is 5.73. The van der Waals surface area contributed by atoms with Crippen molar-refractivity contribution in [3.05, 3.63) is 48.0 Å². The molecule has 0 saturated carbocycles. The van der Waals surface area contributed by atoms with Crippen molar-refractivity contribution in [2.45, 2.75) is 39.7 Å². The molecule has 1 heterocycles. The number of benzene rings is 2. The molecule has 3 aromatic rings. The summed E-state index contributed by atoms with van der Waals surface area (Å²) in [5, 5.41) is 5.35. The van der Waals surface area contributed by atoms with Gasteiger partial charge in [-0.25, -0.2) is 0 Å². The van der Waals surface area contributed by atoms with Crippen molar-refractivity contribution in [3.8, 4) is 17.0 Å². The van der Waals surface area contributed by atoms with Crippen molar-refractivity contribution < 1.29 is 9.26 Å². The number of hydrogen-bond acceptors (Lipinski definition) is 3. The summed E-state index contributed by atoms with van der Waals surface area (Å²) < 4.78 is 11.6. The van der Waals surface area contributed by atoms with Crippen molar-refractivity contribution in [1.29, 1.82) is 0 Å². The minimum atomic E-state index is 0.143. The molecule has 114 valence electrons. The lowest BCUT2D eigenvalue weighted by atomic mass is 10.0. The summed E-state index contributed by atoms with van der Waals surface area (Å²) in [7, 11) is 0. The Morgan fingerprint density at radius 1 is 1.09 bits per heavy atom. The van der Waals surface area contributed by atoms with Gasteiger partial charge in [0.25, 0.3) is 0 Å². The minimum Gasteiger partial charge on any atom is -0.491 e. The molecule has 0 aliphatic carbocycles. The van der Waals surface area contributed by atoms with Gasteiger partial charge in [0, 0.05) is 11.1 Å². The van der Waals surface area contributed by atoms with Crippen LogP contribution in [0.3, 0.4) is 0 Å². The van der Waals surface area contributed by atoms with E-state index in [4.69, 9.17) is 9.26 Å². The topological polar surface area (TPSA) is 35.3 Å². The lowest BCUT2D eigenvalue weighted by Gasteiger charge is -2.14. The van der Waals surface area contributed by atoms with Crippen molar-refractivity contribution >= 4 is 11.0 Å². The maximum absolute atomic E-state index is 5.93. The highest BCUT2D eigenvalue weighted by molar-refractivity contribution is 5.94. The Morgan fingerprint density at radius 3 is 2.55 bits per heavy atom. The normalized spacial score (nSPS) is 11.3. The number of fused-ring (bicyclic) bond motifs is 1. The molecule has 0 saturated heterocycles. The largest absolute Gasteiger partial charge is 0.491 e. The summed E-state index contributed by atoms with van der Waals surface area (Å²) in [6, 6.07) is 14.2. The van der Waals surface area contributed by atoms with Crippen LogP contribution in [0, 0.1) is 0 Å². The molecular formula is C19H21NO2. The molecule has 0 radical (unpaired) electrons. The predicted octanol–water partition coefficient (Wildman–Crippen LogP) is 5.23. The van der Waals surface area contributed by atoms with E-state index in [1.807, 2.05) is 44.2 Å². The van der Waals surface area contributed by atoms with Crippen molar-refractivity contribution in [1.82, 2.24) is 5.16 Å². The quantitative estimate of drug-likeness (QED) is 0.646. The van der Waals surface area contributed by atoms with Crippen molar-refractivity contribution in [3.63, 3.8) is 0 Å². The van der Waals surface area contributed by atoms with Crippen LogP contribution < -0.4 is 4.74 Å². The molecule has 0 spiro atoms. The van der Waals surface area contributed by atoms with Crippen LogP contribution >= 0.6 is 0 Å². The summed E-state index contributed by atoms with van der Waals surface area (Å²) >= 11 is 0. The molecule has 22 heavy (non-hydrogen) atoms. The monoisotopic (exact) mass is 295 g/mol. The molecule has 0 amide bonds. The maximum Gasteiger partial charge on any atom is 0.174 e. The highest BCUT2D eigenvalue weighted by atomic mass is 16.5. The third kappa shape index (κ3) is 2.71. The highest BCUT2D eigenvalue weighted by Crippen LogP contribution is 2.35. The minimum absolute atomic E-state index is 0.143. The summed E-state index contributed by atoms with van der Waals surface area (Å²) in [6.07, 6.45) is 2.10. The zero-order valence-corrected chi connectivity index (χ0v) is 13.3. The fourth-order valence-corrected chi connectivity index (χ4v) is 2.70. The predicted molar refractivity (Wildman–Crippen MR) is 89.2 cm³/mol. The first-order valence-electron chi connectivity index (χ1n) is 7.84. The molecule has 2 aromatic carbocycles. The fraction of sp³-hybridized carbons (Fsp3) is 0.316. The van der Waals surface area contributed by atoms with E-state index < -0.39 is 0 Å². The number of rotatable bonds is 5. The van der Waals surface area contributed by atoms with Crippen molar-refractivity contribution in [2.24, 2.45) is 0 Å². The van der Waals surface area contributed by atoms with Gasteiger partial charge in [-0.05, 0) is 32.4 Å². The van der Waals surface area contributed by atoms with Crippen molar-refractivity contribution in [2.75, 3.05) is 0 Å². The fourth-order valence-electron chi connectivity index (χ4n) is 2.70. The molecule has 0 atom stereocenters. The first-order chi connectivity index (χ1) is 10.7. The zero-order chi connectivity index (χ0) is 15.5. The first kappa shape index (κ1) is 14.6. The molecule has 0 aliphatic heterocycles. The molecule has 0 unspecified atom stereocenters. The molecule has 0 N–H and O–H groups in total. The smallest absolute Gasteiger partial charge is 0.174 e. The first-order valence-corrected chi connectivity index (χ1v) is 7.84. The number of ether oxygens (including phenoxy) is 1. The second-order valence-electron chi connectivity index (χ2n) is 5.73. The molecule has 0 aliphatic rings. The lowest BCUT2D eigenvalue weighted by Crippen LogP contribution is -2.07. The van der Waals surface area contributed by atoms with Crippen LogP contribution in [0.15, 0.2) is 47.0 Å². The molecular weight excluding hydrogens is 274 g/mol. The van der Waals surface area contributed by atoms with Crippen LogP contribution in [0.5, 0.6) is 5.75 Å². The summed E-state index contributed by atoms with van der Waals surface area (Å²) in [5.74, 6) is 0.903. The van der Waals surface area contributed by atoms with Gasteiger partial charge in [-0.1, -0.05) is 48.8 Å². The summed E-state index contributed by atoms with van der Waals surface area (Å²) in [5.41, 5.74) is 3.92. The molecule has 3 nitrogen and oxygen atoms in total.